The molecule has 0 bridgehead atoms. The lowest BCUT2D eigenvalue weighted by Gasteiger charge is -2.29. The summed E-state index contributed by atoms with van der Waals surface area (Å²) in [5.74, 6) is -4.06. The van der Waals surface area contributed by atoms with Gasteiger partial charge in [-0.3, -0.25) is 29.4 Å². The van der Waals surface area contributed by atoms with Crippen LogP contribution >= 0.6 is 11.6 Å². The first-order chi connectivity index (χ1) is 15.8. The van der Waals surface area contributed by atoms with Crippen molar-refractivity contribution in [2.45, 2.75) is 30.8 Å². The number of likely N-dealkylation sites (tertiary alicyclic amines) is 1. The molecular weight excluding hydrogens is 446 g/mol. The largest absolute Gasteiger partial charge is 0.481 e. The molecule has 2 saturated heterocycles. The fourth-order valence-corrected chi connectivity index (χ4v) is 5.71. The van der Waals surface area contributed by atoms with Crippen LogP contribution in [0.2, 0.25) is 5.02 Å². The van der Waals surface area contributed by atoms with Gasteiger partial charge in [0.1, 0.15) is 5.54 Å². The van der Waals surface area contributed by atoms with E-state index in [1.54, 1.807) is 18.2 Å². The second kappa shape index (κ2) is 7.97. The molecule has 170 valence electrons. The highest BCUT2D eigenvalue weighted by Gasteiger charge is 2.70. The number of carboxylic acids is 1. The van der Waals surface area contributed by atoms with Gasteiger partial charge in [-0.25, -0.2) is 0 Å². The lowest BCUT2D eigenvalue weighted by Crippen LogP contribution is -2.53. The number of nitrogens with zero attached hydrogens (tertiary/aromatic N) is 1. The van der Waals surface area contributed by atoms with Crippen molar-refractivity contribution in [3.8, 4) is 0 Å². The van der Waals surface area contributed by atoms with E-state index < -0.39 is 41.2 Å². The van der Waals surface area contributed by atoms with Crippen LogP contribution in [0.5, 0.6) is 0 Å². The number of nitrogens with one attached hydrogen (secondary N) is 2. The summed E-state index contributed by atoms with van der Waals surface area (Å²) in [6, 6.07) is 13.9. The van der Waals surface area contributed by atoms with Crippen molar-refractivity contribution in [1.82, 2.24) is 10.2 Å². The molecule has 0 aromatic heterocycles. The number of imide groups is 1. The number of fused-ring (bicyclic) bond motifs is 4. The summed E-state index contributed by atoms with van der Waals surface area (Å²) in [4.78, 5) is 52.9. The van der Waals surface area contributed by atoms with Crippen molar-refractivity contribution in [2.75, 3.05) is 11.9 Å². The molecule has 2 aromatic carbocycles. The molecular formula is C24H22ClN3O5. The highest BCUT2D eigenvalue weighted by molar-refractivity contribution is 6.35. The Bertz CT molecular complexity index is 1170. The van der Waals surface area contributed by atoms with Gasteiger partial charge in [-0.2, -0.15) is 0 Å². The monoisotopic (exact) mass is 467 g/mol. The highest BCUT2D eigenvalue weighted by atomic mass is 35.5. The van der Waals surface area contributed by atoms with Crippen molar-refractivity contribution in [3.05, 3.63) is 64.7 Å². The van der Waals surface area contributed by atoms with Gasteiger partial charge < -0.3 is 10.4 Å². The van der Waals surface area contributed by atoms with E-state index in [4.69, 9.17) is 11.6 Å². The number of hydrogen-bond donors (Lipinski definition) is 3. The van der Waals surface area contributed by atoms with Gasteiger partial charge in [-0.05, 0) is 24.5 Å². The zero-order valence-electron chi connectivity index (χ0n) is 17.6. The van der Waals surface area contributed by atoms with E-state index in [-0.39, 0.29) is 25.3 Å². The Labute approximate surface area is 194 Å². The van der Waals surface area contributed by atoms with Gasteiger partial charge in [0, 0.05) is 24.6 Å². The summed E-state index contributed by atoms with van der Waals surface area (Å²) >= 11 is 6.31. The van der Waals surface area contributed by atoms with Crippen molar-refractivity contribution in [3.63, 3.8) is 0 Å². The molecule has 3 heterocycles. The van der Waals surface area contributed by atoms with E-state index in [1.165, 1.54) is 4.90 Å². The lowest BCUT2D eigenvalue weighted by molar-refractivity contribution is -0.143. The standard InChI is InChI=1S/C24H22ClN3O5/c25-15-8-4-7-14-20(15)26-23(33)24(14)19-18(16(27-24)9-10-17(29)30)21(31)28(22(19)32)12-11-13-5-2-1-3-6-13/h1-8,16,18-19,27H,9-12H2,(H,26,33)(H,29,30)/t16-,18-,19-,24+/m0/s1. The van der Waals surface area contributed by atoms with Crippen LogP contribution in [0.25, 0.3) is 0 Å². The van der Waals surface area contributed by atoms with Gasteiger partial charge in [0.2, 0.25) is 17.7 Å². The Hall–Kier alpha value is -3.23. The van der Waals surface area contributed by atoms with E-state index in [0.29, 0.717) is 22.7 Å². The number of halogens is 1. The van der Waals surface area contributed by atoms with Gasteiger partial charge in [-0.15, -0.1) is 0 Å². The number of carboxylic acid groups (broad SMARTS) is 1. The van der Waals surface area contributed by atoms with Crippen LogP contribution < -0.4 is 10.6 Å². The molecule has 2 aromatic rings. The molecule has 0 aliphatic carbocycles. The van der Waals surface area contributed by atoms with Crippen LogP contribution in [0, 0.1) is 11.8 Å². The number of amides is 3. The summed E-state index contributed by atoms with van der Waals surface area (Å²) in [5.41, 5.74) is 0.444. The SMILES string of the molecule is O=C(O)CC[C@@H]1N[C@@]2(C(=O)Nc3c(Cl)cccc32)[C@@H]2C(=O)N(CCc3ccccc3)C(=O)[C@@H]12. The molecule has 4 atom stereocenters. The molecule has 3 N–H and O–H groups in total. The first-order valence-corrected chi connectivity index (χ1v) is 11.2. The summed E-state index contributed by atoms with van der Waals surface area (Å²) < 4.78 is 0. The number of benzene rings is 2. The Morgan fingerprint density at radius 2 is 1.82 bits per heavy atom. The Morgan fingerprint density at radius 3 is 2.55 bits per heavy atom. The molecule has 3 aliphatic rings. The first kappa shape index (κ1) is 21.6. The number of anilines is 1. The van der Waals surface area contributed by atoms with Crippen molar-refractivity contribution in [1.29, 1.82) is 0 Å². The molecule has 3 aliphatic heterocycles. The Kier molecular flexibility index (Phi) is 5.22. The van der Waals surface area contributed by atoms with E-state index in [1.807, 2.05) is 30.3 Å². The van der Waals surface area contributed by atoms with E-state index >= 15 is 0 Å². The molecule has 3 amide bonds. The number of carbonyl (C=O) groups is 4. The number of rotatable bonds is 6. The molecule has 0 unspecified atom stereocenters. The molecule has 33 heavy (non-hydrogen) atoms. The third-order valence-corrected chi connectivity index (χ3v) is 7.24. The average Bonchev–Trinajstić information content (AvgIpc) is 3.38. The zero-order valence-corrected chi connectivity index (χ0v) is 18.3. The van der Waals surface area contributed by atoms with Crippen molar-refractivity contribution in [2.24, 2.45) is 11.8 Å². The Balaban J connectivity index is 1.53. The normalized spacial score (nSPS) is 27.7. The summed E-state index contributed by atoms with van der Waals surface area (Å²) in [5, 5.41) is 15.5. The number of aliphatic carboxylic acids is 1. The second-order valence-electron chi connectivity index (χ2n) is 8.67. The smallest absolute Gasteiger partial charge is 0.303 e. The Morgan fingerprint density at radius 1 is 1.06 bits per heavy atom. The van der Waals surface area contributed by atoms with Gasteiger partial charge in [-0.1, -0.05) is 54.1 Å². The second-order valence-corrected chi connectivity index (χ2v) is 9.08. The fourth-order valence-electron chi connectivity index (χ4n) is 5.49. The van der Waals surface area contributed by atoms with Crippen LogP contribution in [0.1, 0.15) is 24.0 Å². The molecule has 9 heteroatoms. The van der Waals surface area contributed by atoms with E-state index in [9.17, 15) is 24.3 Å². The predicted octanol–water partition coefficient (Wildman–Crippen LogP) is 2.17. The third-order valence-electron chi connectivity index (χ3n) is 6.93. The van der Waals surface area contributed by atoms with Crippen LogP contribution in [-0.4, -0.2) is 46.3 Å². The average molecular weight is 468 g/mol. The van der Waals surface area contributed by atoms with Gasteiger partial charge in [0.25, 0.3) is 0 Å². The molecule has 0 radical (unpaired) electrons. The van der Waals surface area contributed by atoms with Crippen molar-refractivity contribution >= 4 is 41.0 Å². The lowest BCUT2D eigenvalue weighted by atomic mass is 9.76. The number of carbonyl (C=O) groups excluding carboxylic acids is 3. The minimum Gasteiger partial charge on any atom is -0.481 e. The number of para-hydroxylation sites is 1. The van der Waals surface area contributed by atoms with Crippen LogP contribution in [0.15, 0.2) is 48.5 Å². The van der Waals surface area contributed by atoms with Crippen LogP contribution in [-0.2, 0) is 31.1 Å². The summed E-state index contributed by atoms with van der Waals surface area (Å²) in [7, 11) is 0. The predicted molar refractivity (Wildman–Crippen MR) is 119 cm³/mol. The zero-order chi connectivity index (χ0) is 23.3. The van der Waals surface area contributed by atoms with Gasteiger partial charge >= 0.3 is 5.97 Å². The first-order valence-electron chi connectivity index (χ1n) is 10.8. The fraction of sp³-hybridized carbons (Fsp3) is 0.333. The van der Waals surface area contributed by atoms with Crippen LogP contribution in [0.4, 0.5) is 5.69 Å². The molecule has 0 saturated carbocycles. The van der Waals surface area contributed by atoms with Crippen molar-refractivity contribution < 1.29 is 24.3 Å². The minimum absolute atomic E-state index is 0.118. The molecule has 8 nitrogen and oxygen atoms in total. The highest BCUT2D eigenvalue weighted by Crippen LogP contribution is 2.54. The van der Waals surface area contributed by atoms with E-state index in [2.05, 4.69) is 10.6 Å². The van der Waals surface area contributed by atoms with Gasteiger partial charge in [0.05, 0.1) is 22.5 Å². The third kappa shape index (κ3) is 3.24. The summed E-state index contributed by atoms with van der Waals surface area (Å²) in [6.45, 7) is 0.195. The topological polar surface area (TPSA) is 116 Å². The molecule has 2 fully saturated rings. The minimum atomic E-state index is -1.47. The maximum absolute atomic E-state index is 13.6. The molecule has 1 spiro atoms. The quantitative estimate of drug-likeness (QED) is 0.561. The van der Waals surface area contributed by atoms with E-state index in [0.717, 1.165) is 5.56 Å². The summed E-state index contributed by atoms with van der Waals surface area (Å²) in [6.07, 6.45) is 0.423. The molecule has 5 rings (SSSR count). The maximum Gasteiger partial charge on any atom is 0.303 e. The van der Waals surface area contributed by atoms with Crippen LogP contribution in [0.3, 0.4) is 0 Å². The number of hydrogen-bond acceptors (Lipinski definition) is 5. The van der Waals surface area contributed by atoms with Gasteiger partial charge in [0.15, 0.2) is 0 Å². The maximum atomic E-state index is 13.6.